The van der Waals surface area contributed by atoms with Gasteiger partial charge in [0.2, 0.25) is 5.91 Å². The van der Waals surface area contributed by atoms with Crippen molar-refractivity contribution in [2.75, 3.05) is 13.1 Å². The number of hydrogen-bond acceptors (Lipinski definition) is 3. The van der Waals surface area contributed by atoms with Crippen molar-refractivity contribution >= 4 is 5.91 Å². The Kier molecular flexibility index (Phi) is 3.03. The summed E-state index contributed by atoms with van der Waals surface area (Å²) >= 11 is 0. The Morgan fingerprint density at radius 3 is 2.64 bits per heavy atom. The summed E-state index contributed by atoms with van der Waals surface area (Å²) in [6.07, 6.45) is 3.72. The van der Waals surface area contributed by atoms with Gasteiger partial charge in [-0.25, -0.2) is 0 Å². The van der Waals surface area contributed by atoms with Gasteiger partial charge < -0.3 is 16.4 Å². The van der Waals surface area contributed by atoms with E-state index in [9.17, 15) is 4.79 Å². The average Bonchev–Trinajstić information content (AvgIpc) is 2.23. The molecule has 0 aromatic rings. The topological polar surface area (TPSA) is 67.2 Å². The Morgan fingerprint density at radius 2 is 1.93 bits per heavy atom. The minimum atomic E-state index is 0.163. The highest BCUT2D eigenvalue weighted by Gasteiger charge is 2.32. The van der Waals surface area contributed by atoms with E-state index >= 15 is 0 Å². The molecule has 0 radical (unpaired) electrons. The largest absolute Gasteiger partial charge is 0.352 e. The van der Waals surface area contributed by atoms with Crippen LogP contribution in [-0.2, 0) is 4.79 Å². The highest BCUT2D eigenvalue weighted by atomic mass is 16.1. The number of hydrogen-bond donors (Lipinski definition) is 3. The van der Waals surface area contributed by atoms with E-state index in [2.05, 4.69) is 10.6 Å². The first-order chi connectivity index (χ1) is 6.77. The Balaban J connectivity index is 1.95. The first-order valence-corrected chi connectivity index (χ1v) is 5.53. The summed E-state index contributed by atoms with van der Waals surface area (Å²) in [7, 11) is 0. The standard InChI is InChI=1S/C10H19N3O/c11-8-1-2-9(14)13-10(8)7-3-5-12-6-4-7/h7-8,10,12H,1-6,11H2,(H,13,14)/t8-,10-/m1/s1. The van der Waals surface area contributed by atoms with Crippen molar-refractivity contribution in [1.82, 2.24) is 10.6 Å². The Morgan fingerprint density at radius 1 is 1.21 bits per heavy atom. The molecule has 0 aromatic carbocycles. The first kappa shape index (κ1) is 9.93. The number of rotatable bonds is 1. The summed E-state index contributed by atoms with van der Waals surface area (Å²) in [5, 5.41) is 6.37. The van der Waals surface area contributed by atoms with Gasteiger partial charge in [-0.1, -0.05) is 0 Å². The van der Waals surface area contributed by atoms with E-state index in [4.69, 9.17) is 5.73 Å². The predicted octanol–water partition coefficient (Wildman–Crippen LogP) is -0.408. The molecule has 0 bridgehead atoms. The highest BCUT2D eigenvalue weighted by Crippen LogP contribution is 2.22. The van der Waals surface area contributed by atoms with Crippen molar-refractivity contribution in [3.05, 3.63) is 0 Å². The predicted molar refractivity (Wildman–Crippen MR) is 54.7 cm³/mol. The van der Waals surface area contributed by atoms with Crippen molar-refractivity contribution in [2.45, 2.75) is 37.8 Å². The normalized spacial score (nSPS) is 35.4. The van der Waals surface area contributed by atoms with Gasteiger partial charge in [0.25, 0.3) is 0 Å². The van der Waals surface area contributed by atoms with E-state index < -0.39 is 0 Å². The van der Waals surface area contributed by atoms with Crippen LogP contribution in [0.3, 0.4) is 0 Å². The molecule has 2 fully saturated rings. The summed E-state index contributed by atoms with van der Waals surface area (Å²) in [4.78, 5) is 11.3. The second-order valence-corrected chi connectivity index (χ2v) is 4.38. The van der Waals surface area contributed by atoms with Crippen LogP contribution in [0.15, 0.2) is 0 Å². The third-order valence-electron chi connectivity index (χ3n) is 3.39. The molecule has 2 aliphatic heterocycles. The molecule has 4 heteroatoms. The monoisotopic (exact) mass is 197 g/mol. The number of nitrogens with two attached hydrogens (primary N) is 1. The summed E-state index contributed by atoms with van der Waals surface area (Å²) < 4.78 is 0. The molecule has 2 atom stereocenters. The lowest BCUT2D eigenvalue weighted by Crippen LogP contribution is -2.57. The Hall–Kier alpha value is -0.610. The van der Waals surface area contributed by atoms with Crippen molar-refractivity contribution in [3.8, 4) is 0 Å². The molecule has 2 aliphatic rings. The lowest BCUT2D eigenvalue weighted by Gasteiger charge is -2.37. The number of carbonyl (C=O) groups excluding carboxylic acids is 1. The van der Waals surface area contributed by atoms with Gasteiger partial charge >= 0.3 is 0 Å². The molecule has 4 nitrogen and oxygen atoms in total. The second-order valence-electron chi connectivity index (χ2n) is 4.38. The molecule has 2 rings (SSSR count). The van der Waals surface area contributed by atoms with Crippen molar-refractivity contribution < 1.29 is 4.79 Å². The number of carbonyl (C=O) groups is 1. The van der Waals surface area contributed by atoms with Crippen LogP contribution >= 0.6 is 0 Å². The van der Waals surface area contributed by atoms with Gasteiger partial charge in [-0.2, -0.15) is 0 Å². The molecule has 0 aliphatic carbocycles. The van der Waals surface area contributed by atoms with E-state index in [1.165, 1.54) is 0 Å². The van der Waals surface area contributed by atoms with Gasteiger partial charge in [0.1, 0.15) is 0 Å². The lowest BCUT2D eigenvalue weighted by molar-refractivity contribution is -0.124. The molecule has 0 saturated carbocycles. The van der Waals surface area contributed by atoms with Crippen LogP contribution in [0.1, 0.15) is 25.7 Å². The summed E-state index contributed by atoms with van der Waals surface area (Å²) in [5.74, 6) is 0.755. The van der Waals surface area contributed by atoms with Crippen LogP contribution in [0.5, 0.6) is 0 Å². The van der Waals surface area contributed by atoms with Gasteiger partial charge in [0, 0.05) is 18.5 Å². The Labute approximate surface area is 84.6 Å². The van der Waals surface area contributed by atoms with Gasteiger partial charge in [-0.3, -0.25) is 4.79 Å². The molecule has 0 unspecified atom stereocenters. The van der Waals surface area contributed by atoms with Crippen LogP contribution < -0.4 is 16.4 Å². The van der Waals surface area contributed by atoms with E-state index in [-0.39, 0.29) is 18.0 Å². The van der Waals surface area contributed by atoms with Crippen molar-refractivity contribution in [3.63, 3.8) is 0 Å². The van der Waals surface area contributed by atoms with Gasteiger partial charge in [-0.15, -0.1) is 0 Å². The molecule has 4 N–H and O–H groups in total. The molecule has 0 aromatic heterocycles. The molecule has 14 heavy (non-hydrogen) atoms. The summed E-state index contributed by atoms with van der Waals surface area (Å²) in [5.41, 5.74) is 6.04. The molecular weight excluding hydrogens is 178 g/mol. The Bertz CT molecular complexity index is 213. The highest BCUT2D eigenvalue weighted by molar-refractivity contribution is 5.77. The van der Waals surface area contributed by atoms with Crippen molar-refractivity contribution in [2.24, 2.45) is 11.7 Å². The van der Waals surface area contributed by atoms with E-state index in [0.29, 0.717) is 12.3 Å². The van der Waals surface area contributed by atoms with Crippen LogP contribution in [0.2, 0.25) is 0 Å². The third kappa shape index (κ3) is 2.07. The second kappa shape index (κ2) is 4.28. The zero-order valence-corrected chi connectivity index (χ0v) is 8.46. The number of nitrogens with one attached hydrogen (secondary N) is 2. The fourth-order valence-electron chi connectivity index (χ4n) is 2.51. The fourth-order valence-corrected chi connectivity index (χ4v) is 2.51. The maximum Gasteiger partial charge on any atom is 0.220 e. The maximum atomic E-state index is 11.3. The maximum absolute atomic E-state index is 11.3. The first-order valence-electron chi connectivity index (χ1n) is 5.53. The smallest absolute Gasteiger partial charge is 0.220 e. The molecule has 80 valence electrons. The van der Waals surface area contributed by atoms with Crippen LogP contribution in [0.25, 0.3) is 0 Å². The lowest BCUT2D eigenvalue weighted by atomic mass is 9.83. The zero-order chi connectivity index (χ0) is 9.97. The minimum Gasteiger partial charge on any atom is -0.352 e. The van der Waals surface area contributed by atoms with Crippen molar-refractivity contribution in [1.29, 1.82) is 0 Å². The average molecular weight is 197 g/mol. The molecule has 2 heterocycles. The van der Waals surface area contributed by atoms with Crippen LogP contribution in [0.4, 0.5) is 0 Å². The van der Waals surface area contributed by atoms with E-state index in [0.717, 1.165) is 32.4 Å². The number of piperidine rings is 2. The quantitative estimate of drug-likeness (QED) is 0.535. The molecular formula is C10H19N3O. The fraction of sp³-hybridized carbons (Fsp3) is 0.900. The minimum absolute atomic E-state index is 0.163. The molecule has 0 spiro atoms. The van der Waals surface area contributed by atoms with Crippen LogP contribution in [-0.4, -0.2) is 31.1 Å². The van der Waals surface area contributed by atoms with Gasteiger partial charge in [0.05, 0.1) is 0 Å². The summed E-state index contributed by atoms with van der Waals surface area (Å²) in [6.45, 7) is 2.12. The SMILES string of the molecule is N[C@@H]1CCC(=O)N[C@@H]1C1CCNCC1. The zero-order valence-electron chi connectivity index (χ0n) is 8.46. The number of amides is 1. The summed E-state index contributed by atoms with van der Waals surface area (Å²) in [6, 6.07) is 0.383. The van der Waals surface area contributed by atoms with E-state index in [1.807, 2.05) is 0 Å². The van der Waals surface area contributed by atoms with Gasteiger partial charge in [-0.05, 0) is 38.3 Å². The molecule has 1 amide bonds. The molecule has 2 saturated heterocycles. The third-order valence-corrected chi connectivity index (χ3v) is 3.39. The van der Waals surface area contributed by atoms with E-state index in [1.54, 1.807) is 0 Å². The van der Waals surface area contributed by atoms with Crippen LogP contribution in [0, 0.1) is 5.92 Å². The van der Waals surface area contributed by atoms with Gasteiger partial charge in [0.15, 0.2) is 0 Å².